The molecule has 0 heterocycles. The maximum absolute atomic E-state index is 7.24. The molecule has 7 aromatic carbocycles. The Bertz CT molecular complexity index is 2030. The van der Waals surface area contributed by atoms with Crippen molar-refractivity contribution in [3.63, 3.8) is 0 Å². The van der Waals surface area contributed by atoms with Crippen LogP contribution in [0.3, 0.4) is 0 Å². The maximum atomic E-state index is 7.24. The van der Waals surface area contributed by atoms with Gasteiger partial charge in [-0.1, -0.05) is 218 Å². The van der Waals surface area contributed by atoms with Crippen LogP contribution in [0.4, 0.5) is 0 Å². The summed E-state index contributed by atoms with van der Waals surface area (Å²) in [4.78, 5) is 0. The van der Waals surface area contributed by atoms with Crippen molar-refractivity contribution < 1.29 is 9.05 Å². The number of allylic oxidation sites excluding steroid dienone is 2. The SMILES string of the molecule is CC=C(C=C(NO[Si](c1ccccc1)(c1ccccc1)c1ccccc1)c1ccccc1)NO[Si](c1ccccc1)(c1ccccc1)c1ccccc1. The molecular weight excluding hydrogens is 681 g/mol. The van der Waals surface area contributed by atoms with Gasteiger partial charge in [0.15, 0.2) is 0 Å². The summed E-state index contributed by atoms with van der Waals surface area (Å²) >= 11 is 0. The summed E-state index contributed by atoms with van der Waals surface area (Å²) in [6.45, 7) is 2.01. The minimum Gasteiger partial charge on any atom is -0.305 e. The maximum Gasteiger partial charge on any atom is 0.321 e. The molecule has 0 aliphatic carbocycles. The zero-order valence-corrected chi connectivity index (χ0v) is 31.7. The van der Waals surface area contributed by atoms with Gasteiger partial charge >= 0.3 is 16.6 Å². The van der Waals surface area contributed by atoms with Gasteiger partial charge in [0, 0.05) is 0 Å². The van der Waals surface area contributed by atoms with Crippen LogP contribution in [-0.2, 0) is 9.05 Å². The number of hydroxylamine groups is 2. The van der Waals surface area contributed by atoms with Crippen molar-refractivity contribution in [2.24, 2.45) is 0 Å². The Morgan fingerprint density at radius 2 is 0.642 bits per heavy atom. The lowest BCUT2D eigenvalue weighted by molar-refractivity contribution is 0.234. The second-order valence-corrected chi connectivity index (χ2v) is 19.2. The number of benzene rings is 7. The van der Waals surface area contributed by atoms with Crippen LogP contribution < -0.4 is 42.1 Å². The van der Waals surface area contributed by atoms with Crippen LogP contribution in [0.1, 0.15) is 12.5 Å². The van der Waals surface area contributed by atoms with Gasteiger partial charge in [-0.3, -0.25) is 11.0 Å². The minimum absolute atomic E-state index is 0.783. The molecule has 0 unspecified atom stereocenters. The normalized spacial score (nSPS) is 12.2. The average Bonchev–Trinajstić information content (AvgIpc) is 3.25. The highest BCUT2D eigenvalue weighted by atomic mass is 28.4. The lowest BCUT2D eigenvalue weighted by atomic mass is 10.1. The van der Waals surface area contributed by atoms with Crippen LogP contribution in [0.15, 0.2) is 230 Å². The van der Waals surface area contributed by atoms with Gasteiger partial charge in [0.05, 0.1) is 11.4 Å². The first-order valence-corrected chi connectivity index (χ1v) is 21.7. The molecular formula is C47H42N2O2Si2. The minimum atomic E-state index is -3.08. The molecule has 0 aliphatic rings. The predicted molar refractivity (Wildman–Crippen MR) is 225 cm³/mol. The third-order valence-corrected chi connectivity index (χ3v) is 17.1. The molecule has 0 saturated heterocycles. The number of nitrogens with one attached hydrogen (secondary N) is 2. The molecule has 0 radical (unpaired) electrons. The predicted octanol–water partition coefficient (Wildman–Crippen LogP) is 6.31. The summed E-state index contributed by atoms with van der Waals surface area (Å²) in [7, 11) is -6.12. The quantitative estimate of drug-likeness (QED) is 0.0599. The van der Waals surface area contributed by atoms with Crippen molar-refractivity contribution in [3.8, 4) is 0 Å². The van der Waals surface area contributed by atoms with E-state index < -0.39 is 16.6 Å². The molecule has 0 atom stereocenters. The van der Waals surface area contributed by atoms with Crippen molar-refractivity contribution >= 4 is 53.5 Å². The average molecular weight is 723 g/mol. The third-order valence-electron chi connectivity index (χ3n) is 9.41. The van der Waals surface area contributed by atoms with Crippen molar-refractivity contribution in [1.29, 1.82) is 0 Å². The Hall–Kier alpha value is -6.03. The molecule has 260 valence electrons. The number of rotatable bonds is 14. The fourth-order valence-corrected chi connectivity index (χ4v) is 14.0. The second kappa shape index (κ2) is 17.0. The van der Waals surface area contributed by atoms with Crippen molar-refractivity contribution in [1.82, 2.24) is 11.0 Å². The summed E-state index contributed by atoms with van der Waals surface area (Å²) in [5.74, 6) is 0. The van der Waals surface area contributed by atoms with Gasteiger partial charge in [0.25, 0.3) is 0 Å². The molecule has 2 N–H and O–H groups in total. The van der Waals surface area contributed by atoms with Gasteiger partial charge in [-0.25, -0.2) is 0 Å². The van der Waals surface area contributed by atoms with E-state index >= 15 is 0 Å². The topological polar surface area (TPSA) is 42.5 Å². The van der Waals surface area contributed by atoms with Crippen LogP contribution in [-0.4, -0.2) is 16.6 Å². The molecule has 7 aromatic rings. The third kappa shape index (κ3) is 7.63. The zero-order chi connectivity index (χ0) is 36.2. The molecule has 0 bridgehead atoms. The lowest BCUT2D eigenvalue weighted by Crippen LogP contribution is -2.71. The monoisotopic (exact) mass is 722 g/mol. The largest absolute Gasteiger partial charge is 0.321 e. The van der Waals surface area contributed by atoms with Crippen molar-refractivity contribution in [2.75, 3.05) is 0 Å². The fraction of sp³-hybridized carbons (Fsp3) is 0.0213. The molecule has 7 rings (SSSR count). The van der Waals surface area contributed by atoms with E-state index in [0.29, 0.717) is 0 Å². The molecule has 0 aromatic heterocycles. The Kier molecular flexibility index (Phi) is 11.3. The lowest BCUT2D eigenvalue weighted by Gasteiger charge is -2.34. The smallest absolute Gasteiger partial charge is 0.305 e. The summed E-state index contributed by atoms with van der Waals surface area (Å²) < 4.78 is 14.4. The summed E-state index contributed by atoms with van der Waals surface area (Å²) in [6, 6.07) is 73.7. The summed E-state index contributed by atoms with van der Waals surface area (Å²) in [5, 5.41) is 6.81. The molecule has 0 fully saturated rings. The van der Waals surface area contributed by atoms with E-state index in [4.69, 9.17) is 9.05 Å². The second-order valence-electron chi connectivity index (χ2n) is 12.6. The summed E-state index contributed by atoms with van der Waals surface area (Å²) in [5.41, 5.74) is 9.54. The summed E-state index contributed by atoms with van der Waals surface area (Å²) in [6.07, 6.45) is 4.09. The Balaban J connectivity index is 1.31. The van der Waals surface area contributed by atoms with Gasteiger partial charge in [-0.2, -0.15) is 0 Å². The Morgan fingerprint density at radius 1 is 0.377 bits per heavy atom. The first-order valence-electron chi connectivity index (χ1n) is 17.9. The fourth-order valence-electron chi connectivity index (χ4n) is 6.77. The van der Waals surface area contributed by atoms with E-state index in [-0.39, 0.29) is 0 Å². The highest BCUT2D eigenvalue weighted by Gasteiger charge is 2.44. The van der Waals surface area contributed by atoms with Gasteiger partial charge in [0.2, 0.25) is 0 Å². The van der Waals surface area contributed by atoms with E-state index in [2.05, 4.69) is 193 Å². The molecule has 4 nitrogen and oxygen atoms in total. The number of hydrogen-bond acceptors (Lipinski definition) is 4. The van der Waals surface area contributed by atoms with Crippen LogP contribution in [0.5, 0.6) is 0 Å². The Labute approximate surface area is 314 Å². The van der Waals surface area contributed by atoms with Crippen molar-refractivity contribution in [2.45, 2.75) is 6.92 Å². The molecule has 0 aliphatic heterocycles. The van der Waals surface area contributed by atoms with Gasteiger partial charge in [-0.05, 0) is 49.7 Å². The van der Waals surface area contributed by atoms with E-state index in [0.717, 1.165) is 48.1 Å². The van der Waals surface area contributed by atoms with Crippen LogP contribution >= 0.6 is 0 Å². The highest BCUT2D eigenvalue weighted by Crippen LogP contribution is 2.18. The highest BCUT2D eigenvalue weighted by molar-refractivity contribution is 7.07. The zero-order valence-electron chi connectivity index (χ0n) is 29.7. The van der Waals surface area contributed by atoms with E-state index in [1.54, 1.807) is 0 Å². The Morgan fingerprint density at radius 3 is 0.925 bits per heavy atom. The first kappa shape index (κ1) is 35.4. The van der Waals surface area contributed by atoms with E-state index in [9.17, 15) is 0 Å². The van der Waals surface area contributed by atoms with Crippen molar-refractivity contribution in [3.05, 3.63) is 236 Å². The van der Waals surface area contributed by atoms with Gasteiger partial charge in [-0.15, -0.1) is 0 Å². The molecule has 6 heteroatoms. The van der Waals surface area contributed by atoms with Crippen LogP contribution in [0.2, 0.25) is 0 Å². The molecule has 0 saturated carbocycles. The molecule has 53 heavy (non-hydrogen) atoms. The first-order chi connectivity index (χ1) is 26.2. The van der Waals surface area contributed by atoms with Gasteiger partial charge < -0.3 is 9.05 Å². The molecule has 0 spiro atoms. The van der Waals surface area contributed by atoms with Crippen LogP contribution in [0.25, 0.3) is 5.70 Å². The number of hydrogen-bond donors (Lipinski definition) is 2. The van der Waals surface area contributed by atoms with E-state index in [1.165, 1.54) is 0 Å². The van der Waals surface area contributed by atoms with Gasteiger partial charge in [0.1, 0.15) is 0 Å². The van der Waals surface area contributed by atoms with E-state index in [1.807, 2.05) is 49.4 Å². The van der Waals surface area contributed by atoms with Crippen LogP contribution in [0, 0.1) is 0 Å². The molecule has 0 amide bonds. The standard InChI is InChI=1S/C47H42N2O2Si2/c1-2-40(48-50-52(41-26-12-4-13-27-41,42-28-14-5-15-29-42)43-30-16-6-17-31-43)38-47(39-24-10-3-11-25-39)49-51-53(44-32-18-7-19-33-44,45-34-20-8-21-35-45)46-36-22-9-23-37-46/h2-38,48-49H,1H3.